The molecule has 0 aliphatic rings. The Morgan fingerprint density at radius 3 is 2.29 bits per heavy atom. The molecule has 2 N–H and O–H groups in total. The van der Waals surface area contributed by atoms with Crippen LogP contribution in [0.4, 0.5) is 11.5 Å². The molecule has 0 bridgehead atoms. The molecule has 0 aliphatic carbocycles. The molecular weight excluding hydrogens is 534 g/mol. The van der Waals surface area contributed by atoms with Crippen molar-refractivity contribution in [1.29, 1.82) is 0 Å². The predicted molar refractivity (Wildman–Crippen MR) is 162 cm³/mol. The quantitative estimate of drug-likeness (QED) is 0.258. The van der Waals surface area contributed by atoms with Crippen LogP contribution in [-0.2, 0) is 16.8 Å². The van der Waals surface area contributed by atoms with E-state index in [4.69, 9.17) is 4.42 Å². The Balaban J connectivity index is 1.56. The molecule has 42 heavy (non-hydrogen) atoms. The lowest BCUT2D eigenvalue weighted by atomic mass is 9.84. The van der Waals surface area contributed by atoms with Crippen LogP contribution >= 0.6 is 0 Å². The Morgan fingerprint density at radius 1 is 1.02 bits per heavy atom. The fourth-order valence-electron chi connectivity index (χ4n) is 4.56. The Bertz CT molecular complexity index is 1610. The number of aromatic nitrogens is 4. The lowest BCUT2D eigenvalue weighted by Gasteiger charge is -2.22. The molecule has 11 nitrogen and oxygen atoms in total. The summed E-state index contributed by atoms with van der Waals surface area (Å²) < 4.78 is 7.23. The molecule has 4 rings (SSSR count). The number of ketones is 1. The van der Waals surface area contributed by atoms with E-state index < -0.39 is 28.7 Å². The number of carbonyl (C=O) groups excluding carboxylic acids is 2. The summed E-state index contributed by atoms with van der Waals surface area (Å²) in [5, 5.41) is 13.8. The maximum atomic E-state index is 13.5. The van der Waals surface area contributed by atoms with Gasteiger partial charge < -0.3 is 20.0 Å². The highest BCUT2D eigenvalue weighted by Crippen LogP contribution is 2.32. The lowest BCUT2D eigenvalue weighted by molar-refractivity contribution is -0.122. The second kappa shape index (κ2) is 12.4. The van der Waals surface area contributed by atoms with Gasteiger partial charge in [-0.15, -0.1) is 10.2 Å². The van der Waals surface area contributed by atoms with Gasteiger partial charge in [0.2, 0.25) is 17.6 Å². The van der Waals surface area contributed by atoms with Gasteiger partial charge >= 0.3 is 0 Å². The monoisotopic (exact) mass is 571 g/mol. The molecule has 2 heterocycles. The van der Waals surface area contributed by atoms with E-state index in [0.29, 0.717) is 5.69 Å². The zero-order valence-corrected chi connectivity index (χ0v) is 25.0. The molecule has 2 aromatic heterocycles. The molecule has 0 saturated heterocycles. The Morgan fingerprint density at radius 2 is 1.69 bits per heavy atom. The van der Waals surface area contributed by atoms with E-state index in [1.807, 2.05) is 101 Å². The van der Waals surface area contributed by atoms with Gasteiger partial charge in [0.1, 0.15) is 6.54 Å². The minimum Gasteiger partial charge on any atom is -0.417 e. The van der Waals surface area contributed by atoms with E-state index in [9.17, 15) is 14.4 Å². The maximum Gasteiger partial charge on any atom is 0.294 e. The zero-order valence-electron chi connectivity index (χ0n) is 25.0. The van der Waals surface area contributed by atoms with Gasteiger partial charge in [-0.25, -0.2) is 4.98 Å². The summed E-state index contributed by atoms with van der Waals surface area (Å²) in [5.74, 6) is -1.11. The molecule has 1 atom stereocenters. The molecule has 1 unspecified atom stereocenters. The van der Waals surface area contributed by atoms with Crippen molar-refractivity contribution < 1.29 is 14.0 Å². The van der Waals surface area contributed by atoms with E-state index in [0.717, 1.165) is 16.8 Å². The maximum absolute atomic E-state index is 13.5. The van der Waals surface area contributed by atoms with E-state index in [-0.39, 0.29) is 30.1 Å². The number of Topliss-reactive ketones (excluding diaryl/α,β-unsaturated/α-hetero) is 1. The van der Waals surface area contributed by atoms with Gasteiger partial charge in [0.25, 0.3) is 11.4 Å². The first-order valence-corrected chi connectivity index (χ1v) is 13.7. The summed E-state index contributed by atoms with van der Waals surface area (Å²) in [5.41, 5.74) is 2.09. The summed E-state index contributed by atoms with van der Waals surface area (Å²) in [7, 11) is 5.52. The van der Waals surface area contributed by atoms with Crippen molar-refractivity contribution in [2.24, 2.45) is 5.92 Å². The average molecular weight is 572 g/mol. The van der Waals surface area contributed by atoms with Crippen molar-refractivity contribution in [3.05, 3.63) is 88.5 Å². The van der Waals surface area contributed by atoms with Gasteiger partial charge in [-0.3, -0.25) is 19.0 Å². The average Bonchev–Trinajstić information content (AvgIpc) is 3.48. The third-order valence-corrected chi connectivity index (χ3v) is 7.20. The van der Waals surface area contributed by atoms with E-state index in [1.54, 1.807) is 7.05 Å². The van der Waals surface area contributed by atoms with Crippen LogP contribution < -0.4 is 21.1 Å². The fourth-order valence-corrected chi connectivity index (χ4v) is 4.56. The SMILES string of the molecule is CNc1ncc(-c2ccccc2)n(CC(=O)NC(C(=O)c2nnc(C(C)(C)c3ccc(N(C)C)cc3)o2)C(C)C)c1=O. The molecule has 11 heteroatoms. The molecule has 0 saturated carbocycles. The Labute approximate surface area is 245 Å². The molecule has 1 amide bonds. The minimum absolute atomic E-state index is 0.108. The highest BCUT2D eigenvalue weighted by Gasteiger charge is 2.34. The third kappa shape index (κ3) is 6.24. The van der Waals surface area contributed by atoms with Crippen molar-refractivity contribution >= 4 is 23.2 Å². The van der Waals surface area contributed by atoms with Crippen molar-refractivity contribution in [2.45, 2.75) is 45.7 Å². The summed E-state index contributed by atoms with van der Waals surface area (Å²) in [6.07, 6.45) is 1.54. The first-order chi connectivity index (χ1) is 19.9. The minimum atomic E-state index is -0.949. The largest absolute Gasteiger partial charge is 0.417 e. The standard InChI is InChI=1S/C31H37N7O4/c1-19(2)25(26(40)28-35-36-30(42-28)31(3,4)21-13-15-22(16-14-21)37(6)7)34-24(39)18-38-23(20-11-9-8-10-12-20)17-33-27(32-5)29(38)41/h8-17,19,25H,18H2,1-7H3,(H,32,33)(H,34,39). The predicted octanol–water partition coefficient (Wildman–Crippen LogP) is 3.75. The van der Waals surface area contributed by atoms with Crippen LogP contribution in [0.2, 0.25) is 0 Å². The number of rotatable bonds is 11. The summed E-state index contributed by atoms with van der Waals surface area (Å²) in [4.78, 5) is 46.1. The van der Waals surface area contributed by atoms with Gasteiger partial charge in [-0.05, 0) is 43.0 Å². The van der Waals surface area contributed by atoms with E-state index in [2.05, 4.69) is 25.8 Å². The summed E-state index contributed by atoms with van der Waals surface area (Å²) in [6.45, 7) is 7.18. The van der Waals surface area contributed by atoms with Gasteiger partial charge in [0, 0.05) is 26.8 Å². The number of hydrogen-bond donors (Lipinski definition) is 2. The van der Waals surface area contributed by atoms with Crippen LogP contribution in [0.15, 0.2) is 70.0 Å². The van der Waals surface area contributed by atoms with Crippen LogP contribution in [0, 0.1) is 5.92 Å². The molecule has 0 radical (unpaired) electrons. The highest BCUT2D eigenvalue weighted by molar-refractivity contribution is 5.98. The Kier molecular flexibility index (Phi) is 8.89. The molecular formula is C31H37N7O4. The molecule has 0 spiro atoms. The normalized spacial score (nSPS) is 12.2. The van der Waals surface area contributed by atoms with Gasteiger partial charge in [-0.2, -0.15) is 0 Å². The topological polar surface area (TPSA) is 135 Å². The highest BCUT2D eigenvalue weighted by atomic mass is 16.4. The summed E-state index contributed by atoms with van der Waals surface area (Å²) in [6, 6.07) is 16.2. The van der Waals surface area contributed by atoms with Crippen LogP contribution in [0.1, 0.15) is 49.8 Å². The number of nitrogens with one attached hydrogen (secondary N) is 2. The van der Waals surface area contributed by atoms with Gasteiger partial charge in [0.05, 0.1) is 23.3 Å². The number of nitrogens with zero attached hydrogens (tertiary/aromatic N) is 5. The molecule has 0 aliphatic heterocycles. The second-order valence-corrected chi connectivity index (χ2v) is 11.1. The zero-order chi connectivity index (χ0) is 30.6. The van der Waals surface area contributed by atoms with E-state index in [1.165, 1.54) is 10.8 Å². The first kappa shape index (κ1) is 30.2. The Hall–Kier alpha value is -4.80. The molecule has 4 aromatic rings. The van der Waals surface area contributed by atoms with Crippen LogP contribution in [0.5, 0.6) is 0 Å². The number of anilines is 2. The van der Waals surface area contributed by atoms with E-state index >= 15 is 0 Å². The number of hydrogen-bond acceptors (Lipinski definition) is 9. The van der Waals surface area contributed by atoms with Crippen molar-refractivity contribution in [3.8, 4) is 11.3 Å². The van der Waals surface area contributed by atoms with Crippen molar-refractivity contribution in [1.82, 2.24) is 25.1 Å². The van der Waals surface area contributed by atoms with Crippen LogP contribution in [-0.4, -0.2) is 58.6 Å². The smallest absolute Gasteiger partial charge is 0.294 e. The number of benzene rings is 2. The number of carbonyl (C=O) groups is 2. The lowest BCUT2D eigenvalue weighted by Crippen LogP contribution is -2.46. The van der Waals surface area contributed by atoms with Crippen molar-refractivity contribution in [3.63, 3.8) is 0 Å². The second-order valence-electron chi connectivity index (χ2n) is 11.1. The third-order valence-electron chi connectivity index (χ3n) is 7.20. The number of amides is 1. The van der Waals surface area contributed by atoms with Gasteiger partial charge in [-0.1, -0.05) is 56.3 Å². The molecule has 220 valence electrons. The fraction of sp³-hybridized carbons (Fsp3) is 0.355. The van der Waals surface area contributed by atoms with Crippen LogP contribution in [0.25, 0.3) is 11.3 Å². The van der Waals surface area contributed by atoms with Crippen LogP contribution in [0.3, 0.4) is 0 Å². The molecule has 2 aromatic carbocycles. The summed E-state index contributed by atoms with van der Waals surface area (Å²) >= 11 is 0. The van der Waals surface area contributed by atoms with Gasteiger partial charge in [0.15, 0.2) is 5.82 Å². The first-order valence-electron chi connectivity index (χ1n) is 13.7. The van der Waals surface area contributed by atoms with Crippen molar-refractivity contribution in [2.75, 3.05) is 31.4 Å². The molecule has 0 fully saturated rings.